The lowest BCUT2D eigenvalue weighted by atomic mass is 9.75. The monoisotopic (exact) mass is 573 g/mol. The van der Waals surface area contributed by atoms with E-state index in [1.807, 2.05) is 48.5 Å². The molecule has 2 atom stereocenters. The van der Waals surface area contributed by atoms with Crippen LogP contribution < -0.4 is 0 Å². The number of likely N-dealkylation sites (tertiary alicyclic amines) is 2. The topological polar surface area (TPSA) is 86.9 Å². The molecule has 4 aromatic rings. The number of hydrogen-bond donors (Lipinski definition) is 1. The van der Waals surface area contributed by atoms with Gasteiger partial charge in [0.25, 0.3) is 5.91 Å². The number of aliphatic hydroxyl groups excluding tert-OH is 1. The van der Waals surface area contributed by atoms with Crippen LogP contribution in [0.15, 0.2) is 89.5 Å². The minimum Gasteiger partial charge on any atom is -0.386 e. The molecule has 41 heavy (non-hydrogen) atoms. The van der Waals surface area contributed by atoms with Crippen LogP contribution in [0, 0.1) is 11.2 Å². The molecule has 7 nitrogen and oxygen atoms in total. The molecule has 2 amide bonds. The lowest BCUT2D eigenvalue weighted by molar-refractivity contribution is -0.140. The quantitative estimate of drug-likeness (QED) is 0.311. The Kier molecular flexibility index (Phi) is 7.36. The molecular weight excluding hydrogens is 545 g/mol. The van der Waals surface area contributed by atoms with Gasteiger partial charge in [-0.25, -0.2) is 4.39 Å². The Morgan fingerprint density at radius 2 is 1.78 bits per heavy atom. The van der Waals surface area contributed by atoms with Gasteiger partial charge in [-0.05, 0) is 66.8 Å². The van der Waals surface area contributed by atoms with Gasteiger partial charge < -0.3 is 19.4 Å². The van der Waals surface area contributed by atoms with Crippen molar-refractivity contribution in [2.75, 3.05) is 13.1 Å². The van der Waals surface area contributed by atoms with Crippen molar-refractivity contribution < 1.29 is 23.6 Å². The van der Waals surface area contributed by atoms with E-state index in [-0.39, 0.29) is 23.4 Å². The summed E-state index contributed by atoms with van der Waals surface area (Å²) in [6.45, 7) is 1.08. The van der Waals surface area contributed by atoms with Gasteiger partial charge in [-0.15, -0.1) is 0 Å². The molecule has 0 aliphatic carbocycles. The Morgan fingerprint density at radius 3 is 2.49 bits per heavy atom. The fourth-order valence-corrected chi connectivity index (χ4v) is 6.29. The fraction of sp³-hybridized carbons (Fsp3) is 0.281. The highest BCUT2D eigenvalue weighted by Crippen LogP contribution is 2.48. The predicted molar refractivity (Wildman–Crippen MR) is 151 cm³/mol. The lowest BCUT2D eigenvalue weighted by Crippen LogP contribution is -2.46. The highest BCUT2D eigenvalue weighted by atomic mass is 35.5. The number of aromatic nitrogens is 1. The Hall–Kier alpha value is -4.01. The van der Waals surface area contributed by atoms with Crippen LogP contribution in [0.2, 0.25) is 5.02 Å². The molecule has 2 fully saturated rings. The second kappa shape index (κ2) is 11.1. The number of nitrogens with zero attached hydrogens (tertiary/aromatic N) is 3. The number of aliphatic hydroxyl groups is 1. The second-order valence-corrected chi connectivity index (χ2v) is 11.3. The second-order valence-electron chi connectivity index (χ2n) is 10.8. The van der Waals surface area contributed by atoms with Crippen molar-refractivity contribution in [1.82, 2.24) is 15.0 Å². The van der Waals surface area contributed by atoms with E-state index in [0.717, 1.165) is 11.1 Å². The largest absolute Gasteiger partial charge is 0.386 e. The highest BCUT2D eigenvalue weighted by Gasteiger charge is 2.54. The summed E-state index contributed by atoms with van der Waals surface area (Å²) in [6, 6.07) is 23.7. The third-order valence-electron chi connectivity index (χ3n) is 8.33. The summed E-state index contributed by atoms with van der Waals surface area (Å²) in [4.78, 5) is 30.8. The summed E-state index contributed by atoms with van der Waals surface area (Å²) in [7, 11) is 0. The first-order valence-electron chi connectivity index (χ1n) is 13.6. The number of piperidine rings is 1. The minimum atomic E-state index is -0.850. The SMILES string of the molecule is O=C(c1cc(-c2ccc(F)cc2)no1)N1CCC2(CC1)C[C@@H]([C@H](O)c1ccccc1)N(Cc1cccc(Cl)c1)C2=O. The average Bonchev–Trinajstić information content (AvgIpc) is 3.58. The van der Waals surface area contributed by atoms with Gasteiger partial charge in [0.2, 0.25) is 11.7 Å². The summed E-state index contributed by atoms with van der Waals surface area (Å²) >= 11 is 6.23. The number of hydrogen-bond acceptors (Lipinski definition) is 5. The molecule has 1 spiro atoms. The van der Waals surface area contributed by atoms with Crippen LogP contribution in [0.4, 0.5) is 4.39 Å². The first-order valence-corrected chi connectivity index (χ1v) is 14.0. The number of halogens is 2. The maximum absolute atomic E-state index is 14.1. The first kappa shape index (κ1) is 27.2. The number of benzene rings is 3. The Bertz CT molecular complexity index is 1550. The van der Waals surface area contributed by atoms with Crippen molar-refractivity contribution in [3.05, 3.63) is 113 Å². The predicted octanol–water partition coefficient (Wildman–Crippen LogP) is 5.89. The van der Waals surface area contributed by atoms with Crippen LogP contribution in [-0.4, -0.2) is 51.0 Å². The normalized spacial score (nSPS) is 19.1. The molecule has 0 saturated carbocycles. The molecule has 9 heteroatoms. The van der Waals surface area contributed by atoms with Crippen LogP contribution >= 0.6 is 11.6 Å². The van der Waals surface area contributed by atoms with Crippen LogP contribution in [0.1, 0.15) is 47.0 Å². The average molecular weight is 574 g/mol. The van der Waals surface area contributed by atoms with Crippen LogP contribution in [-0.2, 0) is 11.3 Å². The lowest BCUT2D eigenvalue weighted by Gasteiger charge is -2.37. The molecule has 210 valence electrons. The molecule has 2 aliphatic heterocycles. The Morgan fingerprint density at radius 1 is 1.05 bits per heavy atom. The van der Waals surface area contributed by atoms with E-state index in [2.05, 4.69) is 5.16 Å². The van der Waals surface area contributed by atoms with Crippen molar-refractivity contribution in [2.45, 2.75) is 38.0 Å². The van der Waals surface area contributed by atoms with Crippen LogP contribution in [0.3, 0.4) is 0 Å². The number of carbonyl (C=O) groups excluding carboxylic acids is 2. The van der Waals surface area contributed by atoms with Crippen molar-refractivity contribution in [1.29, 1.82) is 0 Å². The van der Waals surface area contributed by atoms with Gasteiger partial charge in [0, 0.05) is 36.3 Å². The van der Waals surface area contributed by atoms with E-state index >= 15 is 0 Å². The van der Waals surface area contributed by atoms with Crippen molar-refractivity contribution in [3.63, 3.8) is 0 Å². The standard InChI is InChI=1S/C32H29ClFN3O4/c33-24-8-4-5-21(17-24)20-37-27(29(38)23-6-2-1-3-7-23)19-32(31(37)40)13-15-36(16-14-32)30(39)28-18-26(35-41-28)22-9-11-25(34)12-10-22/h1-12,17-18,27,29,38H,13-16,19-20H2/t27-,29+/m0/s1. The number of carbonyl (C=O) groups is 2. The molecule has 0 radical (unpaired) electrons. The molecular formula is C32H29ClFN3O4. The Labute approximate surface area is 242 Å². The summed E-state index contributed by atoms with van der Waals surface area (Å²) in [5, 5.41) is 16.0. The van der Waals surface area contributed by atoms with E-state index in [1.54, 1.807) is 34.1 Å². The van der Waals surface area contributed by atoms with Crippen molar-refractivity contribution in [3.8, 4) is 11.3 Å². The third-order valence-corrected chi connectivity index (χ3v) is 8.57. The van der Waals surface area contributed by atoms with Gasteiger partial charge in [-0.2, -0.15) is 0 Å². The summed E-state index contributed by atoms with van der Waals surface area (Å²) in [5.74, 6) is -0.578. The molecule has 2 saturated heterocycles. The Balaban J connectivity index is 1.20. The molecule has 0 bridgehead atoms. The highest BCUT2D eigenvalue weighted by molar-refractivity contribution is 6.30. The maximum atomic E-state index is 14.1. The zero-order valence-electron chi connectivity index (χ0n) is 22.2. The molecule has 0 unspecified atom stereocenters. The van der Waals surface area contributed by atoms with E-state index in [1.165, 1.54) is 12.1 Å². The van der Waals surface area contributed by atoms with Crippen LogP contribution in [0.25, 0.3) is 11.3 Å². The fourth-order valence-electron chi connectivity index (χ4n) is 6.07. The third kappa shape index (κ3) is 5.37. The first-order chi connectivity index (χ1) is 19.8. The van der Waals surface area contributed by atoms with E-state index < -0.39 is 17.6 Å². The zero-order chi connectivity index (χ0) is 28.6. The molecule has 3 heterocycles. The number of rotatable bonds is 6. The van der Waals surface area contributed by atoms with Crippen LogP contribution in [0.5, 0.6) is 0 Å². The van der Waals surface area contributed by atoms with Gasteiger partial charge in [0.15, 0.2) is 0 Å². The van der Waals surface area contributed by atoms with Gasteiger partial charge >= 0.3 is 0 Å². The number of amides is 2. The summed E-state index contributed by atoms with van der Waals surface area (Å²) in [5.41, 5.74) is 2.06. The summed E-state index contributed by atoms with van der Waals surface area (Å²) < 4.78 is 18.6. The van der Waals surface area contributed by atoms with Gasteiger partial charge in [-0.3, -0.25) is 9.59 Å². The van der Waals surface area contributed by atoms with Gasteiger partial charge in [-0.1, -0.05) is 59.2 Å². The minimum absolute atomic E-state index is 0.0113. The molecule has 3 aromatic carbocycles. The van der Waals surface area contributed by atoms with Gasteiger partial charge in [0.1, 0.15) is 11.5 Å². The van der Waals surface area contributed by atoms with Gasteiger partial charge in [0.05, 0.1) is 17.6 Å². The van der Waals surface area contributed by atoms with Crippen molar-refractivity contribution >= 4 is 23.4 Å². The smallest absolute Gasteiger partial charge is 0.292 e. The maximum Gasteiger partial charge on any atom is 0.292 e. The van der Waals surface area contributed by atoms with E-state index in [9.17, 15) is 19.1 Å². The van der Waals surface area contributed by atoms with E-state index in [4.69, 9.17) is 16.1 Å². The molecule has 6 rings (SSSR count). The molecule has 2 aliphatic rings. The van der Waals surface area contributed by atoms with E-state index in [0.29, 0.717) is 55.2 Å². The zero-order valence-corrected chi connectivity index (χ0v) is 23.0. The molecule has 1 N–H and O–H groups in total. The summed E-state index contributed by atoms with van der Waals surface area (Å²) in [6.07, 6.45) is 0.584. The molecule has 1 aromatic heterocycles. The van der Waals surface area contributed by atoms with Crippen molar-refractivity contribution in [2.24, 2.45) is 5.41 Å².